The fraction of sp³-hybridized carbons (Fsp3) is 0.583. The number of hydrogen-bond donors (Lipinski definition) is 3. The molecule has 2 aliphatic rings. The van der Waals surface area contributed by atoms with Gasteiger partial charge in [-0.1, -0.05) is 6.07 Å². The number of aromatic amines is 1. The number of H-pyrrole nitrogens is 1. The maximum absolute atomic E-state index is 11.9. The number of nitrogens with one attached hydrogen (secondary N) is 2. The SMILES string of the molecule is CC(C)(C)OC(=O)N1CC(C(=O)NN)C1.CC(C)(C)OC(=O)N1CC(c2nc(-c3ccccn3)n[nH]2)C1. The maximum atomic E-state index is 11.9. The highest BCUT2D eigenvalue weighted by molar-refractivity contribution is 5.82. The number of carbonyl (C=O) groups is 3. The van der Waals surface area contributed by atoms with Crippen LogP contribution in [0.3, 0.4) is 0 Å². The van der Waals surface area contributed by atoms with Crippen molar-refractivity contribution in [3.05, 3.63) is 30.2 Å². The molecule has 3 amide bonds. The predicted molar refractivity (Wildman–Crippen MR) is 134 cm³/mol. The monoisotopic (exact) mass is 516 g/mol. The van der Waals surface area contributed by atoms with Crippen molar-refractivity contribution in [2.75, 3.05) is 26.2 Å². The number of hydrogen-bond acceptors (Lipinski definition) is 9. The van der Waals surface area contributed by atoms with Crippen LogP contribution in [0.4, 0.5) is 9.59 Å². The number of ether oxygens (including phenoxy) is 2. The Morgan fingerprint density at radius 3 is 2.03 bits per heavy atom. The summed E-state index contributed by atoms with van der Waals surface area (Å²) in [7, 11) is 0. The van der Waals surface area contributed by atoms with Crippen molar-refractivity contribution in [2.45, 2.75) is 58.7 Å². The molecule has 4 N–H and O–H groups in total. The van der Waals surface area contributed by atoms with Gasteiger partial charge in [0.1, 0.15) is 22.7 Å². The number of carbonyl (C=O) groups excluding carboxylic acids is 3. The lowest BCUT2D eigenvalue weighted by Gasteiger charge is -2.38. The lowest BCUT2D eigenvalue weighted by molar-refractivity contribution is -0.129. The van der Waals surface area contributed by atoms with Gasteiger partial charge in [-0.2, -0.15) is 5.10 Å². The van der Waals surface area contributed by atoms with Crippen LogP contribution in [0.15, 0.2) is 24.4 Å². The summed E-state index contributed by atoms with van der Waals surface area (Å²) in [6, 6.07) is 5.61. The van der Waals surface area contributed by atoms with Crippen molar-refractivity contribution in [1.29, 1.82) is 0 Å². The van der Waals surface area contributed by atoms with Crippen molar-refractivity contribution in [3.8, 4) is 11.5 Å². The molecule has 0 radical (unpaired) electrons. The molecule has 4 rings (SSSR count). The fourth-order valence-corrected chi connectivity index (χ4v) is 3.43. The molecule has 0 aliphatic carbocycles. The van der Waals surface area contributed by atoms with E-state index < -0.39 is 11.2 Å². The molecule has 0 unspecified atom stereocenters. The van der Waals surface area contributed by atoms with Crippen LogP contribution in [0, 0.1) is 5.92 Å². The number of pyridine rings is 1. The second-order valence-electron chi connectivity index (χ2n) is 10.9. The summed E-state index contributed by atoms with van der Waals surface area (Å²) in [6.45, 7) is 12.9. The fourth-order valence-electron chi connectivity index (χ4n) is 3.43. The lowest BCUT2D eigenvalue weighted by Crippen LogP contribution is -2.57. The molecule has 2 aromatic rings. The van der Waals surface area contributed by atoms with Crippen molar-refractivity contribution in [2.24, 2.45) is 11.8 Å². The zero-order valence-corrected chi connectivity index (χ0v) is 22.1. The van der Waals surface area contributed by atoms with E-state index in [1.165, 1.54) is 4.90 Å². The zero-order chi connectivity index (χ0) is 27.4. The van der Waals surface area contributed by atoms with Crippen molar-refractivity contribution >= 4 is 18.1 Å². The van der Waals surface area contributed by atoms with E-state index in [9.17, 15) is 14.4 Å². The van der Waals surface area contributed by atoms with Gasteiger partial charge in [0.05, 0.1) is 11.8 Å². The summed E-state index contributed by atoms with van der Waals surface area (Å²) in [5, 5.41) is 7.12. The summed E-state index contributed by atoms with van der Waals surface area (Å²) in [4.78, 5) is 46.2. The van der Waals surface area contributed by atoms with Gasteiger partial charge < -0.3 is 19.3 Å². The minimum atomic E-state index is -0.502. The summed E-state index contributed by atoms with van der Waals surface area (Å²) >= 11 is 0. The van der Waals surface area contributed by atoms with Crippen LogP contribution in [0.25, 0.3) is 11.5 Å². The molecule has 13 nitrogen and oxygen atoms in total. The molecule has 4 heterocycles. The molecule has 13 heteroatoms. The molecule has 202 valence electrons. The number of nitrogens with two attached hydrogens (primary N) is 1. The first-order valence-corrected chi connectivity index (χ1v) is 12.1. The van der Waals surface area contributed by atoms with Gasteiger partial charge in [0.15, 0.2) is 5.82 Å². The maximum Gasteiger partial charge on any atom is 0.410 e. The van der Waals surface area contributed by atoms with Gasteiger partial charge in [-0.3, -0.25) is 20.3 Å². The highest BCUT2D eigenvalue weighted by Crippen LogP contribution is 2.27. The molecule has 2 aliphatic heterocycles. The first kappa shape index (κ1) is 27.8. The normalized spacial score (nSPS) is 16.1. The third-order valence-electron chi connectivity index (χ3n) is 5.36. The van der Waals surface area contributed by atoms with Gasteiger partial charge in [-0.25, -0.2) is 20.4 Å². The van der Waals surface area contributed by atoms with E-state index in [2.05, 4.69) is 25.6 Å². The Hall–Kier alpha value is -3.74. The molecule has 0 aromatic carbocycles. The zero-order valence-electron chi connectivity index (χ0n) is 22.1. The van der Waals surface area contributed by atoms with Gasteiger partial charge in [0, 0.05) is 32.4 Å². The van der Waals surface area contributed by atoms with Crippen LogP contribution >= 0.6 is 0 Å². The Balaban J connectivity index is 0.000000222. The summed E-state index contributed by atoms with van der Waals surface area (Å²) < 4.78 is 10.5. The Bertz CT molecular complexity index is 1080. The van der Waals surface area contributed by atoms with Crippen LogP contribution in [-0.4, -0.2) is 85.4 Å². The lowest BCUT2D eigenvalue weighted by atomic mass is 10.0. The Morgan fingerprint density at radius 2 is 1.54 bits per heavy atom. The van der Waals surface area contributed by atoms with Crippen LogP contribution < -0.4 is 11.3 Å². The minimum Gasteiger partial charge on any atom is -0.444 e. The number of nitrogens with zero attached hydrogens (tertiary/aromatic N) is 5. The molecule has 0 atom stereocenters. The van der Waals surface area contributed by atoms with Gasteiger partial charge >= 0.3 is 12.2 Å². The summed E-state index contributed by atoms with van der Waals surface area (Å²) in [5.74, 6) is 6.04. The van der Waals surface area contributed by atoms with E-state index >= 15 is 0 Å². The van der Waals surface area contributed by atoms with Gasteiger partial charge in [0.25, 0.3) is 0 Å². The molecular formula is C24H36N8O5. The van der Waals surface area contributed by atoms with E-state index in [1.807, 2.05) is 39.0 Å². The highest BCUT2D eigenvalue weighted by Gasteiger charge is 2.38. The number of hydrazine groups is 1. The molecule has 37 heavy (non-hydrogen) atoms. The number of aromatic nitrogens is 4. The molecule has 0 bridgehead atoms. The standard InChI is InChI=1S/C15H19N5O2.C9H17N3O3/c1-15(2,3)22-14(21)20-8-10(9-20)12-17-13(19-18-12)11-6-4-5-7-16-11;1-9(2,3)15-8(14)12-4-6(5-12)7(13)11-10/h4-7,10H,8-9H2,1-3H3,(H,17,18,19);6H,4-5,10H2,1-3H3,(H,11,13). The second kappa shape index (κ2) is 11.1. The van der Waals surface area contributed by atoms with Crippen LogP contribution in [0.2, 0.25) is 0 Å². The highest BCUT2D eigenvalue weighted by atomic mass is 16.6. The predicted octanol–water partition coefficient (Wildman–Crippen LogP) is 2.04. The van der Waals surface area contributed by atoms with Crippen LogP contribution in [0.5, 0.6) is 0 Å². The van der Waals surface area contributed by atoms with Gasteiger partial charge in [-0.05, 0) is 53.7 Å². The first-order chi connectivity index (χ1) is 17.3. The smallest absolute Gasteiger partial charge is 0.410 e. The third-order valence-corrected chi connectivity index (χ3v) is 5.36. The van der Waals surface area contributed by atoms with E-state index in [0.29, 0.717) is 32.0 Å². The summed E-state index contributed by atoms with van der Waals surface area (Å²) in [5.41, 5.74) is 1.81. The van der Waals surface area contributed by atoms with E-state index in [1.54, 1.807) is 31.9 Å². The Morgan fingerprint density at radius 1 is 0.973 bits per heavy atom. The minimum absolute atomic E-state index is 0.164. The Kier molecular flexibility index (Phi) is 8.36. The molecule has 0 spiro atoms. The van der Waals surface area contributed by atoms with Gasteiger partial charge in [0.2, 0.25) is 5.91 Å². The van der Waals surface area contributed by atoms with Crippen molar-refractivity contribution in [3.63, 3.8) is 0 Å². The molecule has 2 saturated heterocycles. The molecule has 0 saturated carbocycles. The summed E-state index contributed by atoms with van der Waals surface area (Å²) in [6.07, 6.45) is 1.04. The van der Waals surface area contributed by atoms with Crippen LogP contribution in [-0.2, 0) is 14.3 Å². The number of likely N-dealkylation sites (tertiary alicyclic amines) is 2. The quantitative estimate of drug-likeness (QED) is 0.314. The topological polar surface area (TPSA) is 169 Å². The Labute approximate surface area is 216 Å². The number of rotatable bonds is 3. The van der Waals surface area contributed by atoms with E-state index in [4.69, 9.17) is 15.3 Å². The average Bonchev–Trinajstić information content (AvgIpc) is 3.19. The molecular weight excluding hydrogens is 480 g/mol. The van der Waals surface area contributed by atoms with Gasteiger partial charge in [-0.15, -0.1) is 0 Å². The van der Waals surface area contributed by atoms with E-state index in [-0.39, 0.29) is 29.9 Å². The third kappa shape index (κ3) is 7.87. The second-order valence-corrected chi connectivity index (χ2v) is 10.9. The number of amides is 3. The first-order valence-electron chi connectivity index (χ1n) is 12.1. The average molecular weight is 517 g/mol. The van der Waals surface area contributed by atoms with Crippen LogP contribution in [0.1, 0.15) is 53.3 Å². The van der Waals surface area contributed by atoms with Crippen molar-refractivity contribution in [1.82, 2.24) is 35.4 Å². The molecule has 2 fully saturated rings. The van der Waals surface area contributed by atoms with E-state index in [0.717, 1.165) is 11.5 Å². The largest absolute Gasteiger partial charge is 0.444 e. The van der Waals surface area contributed by atoms with Crippen molar-refractivity contribution < 1.29 is 23.9 Å². The molecule has 2 aromatic heterocycles.